The van der Waals surface area contributed by atoms with E-state index >= 15 is 0 Å². The van der Waals surface area contributed by atoms with Crippen LogP contribution >= 0.6 is 23.3 Å². The number of nitrogens with zero attached hydrogens (tertiary/aromatic N) is 2. The maximum absolute atomic E-state index is 11.5. The molecule has 96 valence electrons. The van der Waals surface area contributed by atoms with Gasteiger partial charge in [0.25, 0.3) is 0 Å². The zero-order valence-corrected chi connectivity index (χ0v) is 11.1. The molecule has 2 aromatic rings. The number of nitrogens with two attached hydrogens (primary N) is 1. The smallest absolute Gasteiger partial charge is 0.329 e. The Hall–Kier alpha value is -1.44. The molecule has 0 aliphatic heterocycles. The number of nitrogens with one attached hydrogen (secondary N) is 1. The van der Waals surface area contributed by atoms with Gasteiger partial charge in [-0.2, -0.15) is 8.75 Å². The summed E-state index contributed by atoms with van der Waals surface area (Å²) in [5.74, 6) is -0.450. The molecule has 0 radical (unpaired) electrons. The molecule has 2 rings (SSSR count). The third kappa shape index (κ3) is 2.38. The van der Waals surface area contributed by atoms with Crippen molar-refractivity contribution in [3.05, 3.63) is 17.2 Å². The zero-order valence-electron chi connectivity index (χ0n) is 9.51. The minimum absolute atomic E-state index is 0.0942. The lowest BCUT2D eigenvalue weighted by molar-refractivity contribution is -0.141. The zero-order chi connectivity index (χ0) is 13.1. The molecule has 0 bridgehead atoms. The predicted molar refractivity (Wildman–Crippen MR) is 70.9 cm³/mol. The molecule has 6 nitrogen and oxygen atoms in total. The average molecular weight is 287 g/mol. The summed E-state index contributed by atoms with van der Waals surface area (Å²) in [5, 5.41) is 3.41. The molecule has 1 aromatic heterocycles. The van der Waals surface area contributed by atoms with E-state index in [9.17, 15) is 4.79 Å². The minimum Gasteiger partial charge on any atom is -0.467 e. The van der Waals surface area contributed by atoms with Crippen molar-refractivity contribution in [2.75, 3.05) is 19.0 Å². The Morgan fingerprint density at radius 3 is 3.06 bits per heavy atom. The Kier molecular flexibility index (Phi) is 3.95. The van der Waals surface area contributed by atoms with E-state index in [4.69, 9.17) is 17.3 Å². The molecule has 1 unspecified atom stereocenters. The van der Waals surface area contributed by atoms with E-state index in [1.807, 2.05) is 0 Å². The van der Waals surface area contributed by atoms with Crippen LogP contribution in [0.3, 0.4) is 0 Å². The van der Waals surface area contributed by atoms with Gasteiger partial charge in [0.2, 0.25) is 0 Å². The van der Waals surface area contributed by atoms with E-state index in [2.05, 4.69) is 18.8 Å². The molecule has 0 spiro atoms. The molecule has 3 N–H and O–H groups in total. The topological polar surface area (TPSA) is 90.1 Å². The van der Waals surface area contributed by atoms with Crippen molar-refractivity contribution in [1.82, 2.24) is 8.75 Å². The van der Waals surface area contributed by atoms with Crippen molar-refractivity contribution in [2.24, 2.45) is 5.73 Å². The van der Waals surface area contributed by atoms with Gasteiger partial charge in [0.1, 0.15) is 17.1 Å². The van der Waals surface area contributed by atoms with Crippen LogP contribution in [0, 0.1) is 0 Å². The summed E-state index contributed by atoms with van der Waals surface area (Å²) >= 11 is 7.17. The maximum Gasteiger partial charge on any atom is 0.329 e. The Morgan fingerprint density at radius 2 is 2.39 bits per heavy atom. The van der Waals surface area contributed by atoms with Gasteiger partial charge in [0, 0.05) is 6.54 Å². The fraction of sp³-hybridized carbons (Fsp3) is 0.300. The SMILES string of the molecule is COC(=O)C(CN)Nc1c(Cl)ccc2nsnc12. The van der Waals surface area contributed by atoms with Gasteiger partial charge in [-0.3, -0.25) is 0 Å². The second-order valence-corrected chi connectivity index (χ2v) is 4.45. The first-order chi connectivity index (χ1) is 8.67. The standard InChI is InChI=1S/C10H11ClN4O2S/c1-17-10(16)7(4-12)13-8-5(11)2-3-6-9(8)15-18-14-6/h2-3,7,13H,4,12H2,1H3. The monoisotopic (exact) mass is 286 g/mol. The van der Waals surface area contributed by atoms with Crippen molar-refractivity contribution in [3.63, 3.8) is 0 Å². The van der Waals surface area contributed by atoms with Crippen molar-refractivity contribution >= 4 is 46.0 Å². The highest BCUT2D eigenvalue weighted by molar-refractivity contribution is 7.00. The maximum atomic E-state index is 11.5. The number of anilines is 1. The first kappa shape index (κ1) is 13.0. The quantitative estimate of drug-likeness (QED) is 0.822. The Morgan fingerprint density at radius 1 is 1.61 bits per heavy atom. The van der Waals surface area contributed by atoms with Crippen molar-refractivity contribution in [1.29, 1.82) is 0 Å². The number of hydrogen-bond acceptors (Lipinski definition) is 7. The predicted octanol–water partition coefficient (Wildman–Crippen LogP) is 1.26. The van der Waals surface area contributed by atoms with Crippen molar-refractivity contribution in [2.45, 2.75) is 6.04 Å². The minimum atomic E-state index is -0.667. The van der Waals surface area contributed by atoms with Gasteiger partial charge in [-0.05, 0) is 12.1 Å². The summed E-state index contributed by atoms with van der Waals surface area (Å²) in [6, 6.07) is 2.79. The van der Waals surface area contributed by atoms with Crippen LogP contribution in [0.2, 0.25) is 5.02 Å². The lowest BCUT2D eigenvalue weighted by atomic mass is 10.2. The highest BCUT2D eigenvalue weighted by atomic mass is 35.5. The molecule has 8 heteroatoms. The van der Waals surface area contributed by atoms with Crippen molar-refractivity contribution in [3.8, 4) is 0 Å². The van der Waals surface area contributed by atoms with E-state index in [1.54, 1.807) is 12.1 Å². The van der Waals surface area contributed by atoms with Crippen LogP contribution in [-0.4, -0.2) is 34.4 Å². The van der Waals surface area contributed by atoms with Crippen LogP contribution in [0.1, 0.15) is 0 Å². The molecule has 1 aromatic carbocycles. The summed E-state index contributed by atoms with van der Waals surface area (Å²) in [7, 11) is 1.30. The van der Waals surface area contributed by atoms with E-state index < -0.39 is 12.0 Å². The summed E-state index contributed by atoms with van der Waals surface area (Å²) in [4.78, 5) is 11.5. The molecule has 0 aliphatic rings. The fourth-order valence-electron chi connectivity index (χ4n) is 1.49. The number of methoxy groups -OCH3 is 1. The third-order valence-corrected chi connectivity index (χ3v) is 3.27. The van der Waals surface area contributed by atoms with Gasteiger partial charge in [-0.25, -0.2) is 4.79 Å². The van der Waals surface area contributed by atoms with Gasteiger partial charge in [0.15, 0.2) is 0 Å². The summed E-state index contributed by atoms with van der Waals surface area (Å²) in [6.45, 7) is 0.0942. The van der Waals surface area contributed by atoms with E-state index in [0.717, 1.165) is 11.7 Å². The van der Waals surface area contributed by atoms with E-state index in [0.29, 0.717) is 21.7 Å². The number of esters is 1. The molecule has 0 aliphatic carbocycles. The summed E-state index contributed by atoms with van der Waals surface area (Å²) in [5.41, 5.74) is 7.41. The second-order valence-electron chi connectivity index (χ2n) is 3.51. The number of aromatic nitrogens is 2. The largest absolute Gasteiger partial charge is 0.467 e. The van der Waals surface area contributed by atoms with Gasteiger partial charge < -0.3 is 15.8 Å². The molecule has 0 saturated carbocycles. The third-order valence-electron chi connectivity index (χ3n) is 2.42. The van der Waals surface area contributed by atoms with Crippen LogP contribution in [0.15, 0.2) is 12.1 Å². The summed E-state index contributed by atoms with van der Waals surface area (Å²) in [6.07, 6.45) is 0. The first-order valence-electron chi connectivity index (χ1n) is 5.12. The highest BCUT2D eigenvalue weighted by Gasteiger charge is 2.20. The second kappa shape index (κ2) is 5.47. The number of carbonyl (C=O) groups excluding carboxylic acids is 1. The number of fused-ring (bicyclic) bond motifs is 1. The Labute approximate surface area is 112 Å². The Bertz CT molecular complexity index is 574. The van der Waals surface area contributed by atoms with Gasteiger partial charge in [0.05, 0.1) is 29.5 Å². The molecular weight excluding hydrogens is 276 g/mol. The molecule has 0 fully saturated rings. The lowest BCUT2D eigenvalue weighted by Crippen LogP contribution is -2.37. The van der Waals surface area contributed by atoms with Crippen LogP contribution in [-0.2, 0) is 9.53 Å². The van der Waals surface area contributed by atoms with E-state index in [1.165, 1.54) is 7.11 Å². The average Bonchev–Trinajstić information content (AvgIpc) is 2.85. The first-order valence-corrected chi connectivity index (χ1v) is 6.23. The van der Waals surface area contributed by atoms with Crippen LogP contribution in [0.25, 0.3) is 11.0 Å². The number of halogens is 1. The van der Waals surface area contributed by atoms with Gasteiger partial charge >= 0.3 is 5.97 Å². The number of carbonyl (C=O) groups is 1. The fourth-order valence-corrected chi connectivity index (χ4v) is 2.24. The van der Waals surface area contributed by atoms with Gasteiger partial charge in [-0.15, -0.1) is 0 Å². The normalized spacial score (nSPS) is 12.4. The van der Waals surface area contributed by atoms with Crippen LogP contribution in [0.4, 0.5) is 5.69 Å². The summed E-state index contributed by atoms with van der Waals surface area (Å²) < 4.78 is 12.9. The van der Waals surface area contributed by atoms with Gasteiger partial charge in [-0.1, -0.05) is 11.6 Å². The molecule has 0 amide bonds. The molecule has 1 heterocycles. The number of rotatable bonds is 4. The number of benzene rings is 1. The van der Waals surface area contributed by atoms with Crippen LogP contribution < -0.4 is 11.1 Å². The number of hydrogen-bond donors (Lipinski definition) is 2. The van der Waals surface area contributed by atoms with Crippen molar-refractivity contribution < 1.29 is 9.53 Å². The molecule has 18 heavy (non-hydrogen) atoms. The lowest BCUT2D eigenvalue weighted by Gasteiger charge is -2.16. The molecule has 0 saturated heterocycles. The van der Waals surface area contributed by atoms with Crippen LogP contribution in [0.5, 0.6) is 0 Å². The number of ether oxygens (including phenoxy) is 1. The van der Waals surface area contributed by atoms with E-state index in [-0.39, 0.29) is 6.54 Å². The molecule has 1 atom stereocenters. The highest BCUT2D eigenvalue weighted by Crippen LogP contribution is 2.30. The Balaban J connectivity index is 2.38. The molecular formula is C10H11ClN4O2S.